The molecule has 3 rings (SSSR count). The minimum atomic E-state index is -2.02. The number of hydrogen-bond acceptors (Lipinski definition) is 1. The summed E-state index contributed by atoms with van der Waals surface area (Å²) in [5.41, 5.74) is 0. The zero-order chi connectivity index (χ0) is 17.5. The fourth-order valence-electron chi connectivity index (χ4n) is 3.76. The molecule has 0 N–H and O–H groups in total. The van der Waals surface area contributed by atoms with Crippen molar-refractivity contribution in [3.63, 3.8) is 0 Å². The summed E-state index contributed by atoms with van der Waals surface area (Å²) in [7, 11) is 2.31. The van der Waals surface area contributed by atoms with Crippen LogP contribution in [0.2, 0.25) is 0 Å². The molecule has 2 heteroatoms. The van der Waals surface area contributed by atoms with Crippen LogP contribution in [0.3, 0.4) is 0 Å². The molecule has 0 atom stereocenters. The van der Waals surface area contributed by atoms with Crippen LogP contribution >= 0.6 is 7.26 Å². The second-order valence-corrected chi connectivity index (χ2v) is 11.0. The molecule has 0 saturated heterocycles. The van der Waals surface area contributed by atoms with Crippen LogP contribution in [0.25, 0.3) is 0 Å². The van der Waals surface area contributed by atoms with Gasteiger partial charge in [-0.25, -0.2) is 0 Å². The first-order valence-electron chi connectivity index (χ1n) is 9.05. The molecule has 0 unspecified atom stereocenters. The van der Waals surface area contributed by atoms with Crippen molar-refractivity contribution in [1.82, 2.24) is 4.90 Å². The van der Waals surface area contributed by atoms with E-state index in [1.807, 2.05) is 0 Å². The van der Waals surface area contributed by atoms with Crippen molar-refractivity contribution >= 4 is 23.2 Å². The topological polar surface area (TPSA) is 3.24 Å². The fraction of sp³-hybridized carbons (Fsp3) is 0.217. The Labute approximate surface area is 152 Å². The Morgan fingerprint density at radius 3 is 1.28 bits per heavy atom. The van der Waals surface area contributed by atoms with Crippen molar-refractivity contribution in [2.75, 3.05) is 26.8 Å². The van der Waals surface area contributed by atoms with Crippen molar-refractivity contribution in [3.8, 4) is 0 Å². The normalized spacial score (nSPS) is 12.3. The van der Waals surface area contributed by atoms with Gasteiger partial charge in [-0.1, -0.05) is 0 Å². The fourth-order valence-corrected chi connectivity index (χ4v) is 8.60. The number of benzene rings is 3. The van der Waals surface area contributed by atoms with Crippen LogP contribution in [-0.4, -0.2) is 31.7 Å². The number of hydrogen-bond donors (Lipinski definition) is 0. The molecule has 25 heavy (non-hydrogen) atoms. The molecule has 0 aliphatic rings. The zero-order valence-electron chi connectivity index (χ0n) is 15.2. The van der Waals surface area contributed by atoms with Gasteiger partial charge in [0.15, 0.2) is 0 Å². The van der Waals surface area contributed by atoms with Crippen LogP contribution in [0.4, 0.5) is 0 Å². The van der Waals surface area contributed by atoms with Gasteiger partial charge in [0.05, 0.1) is 0 Å². The monoisotopic (exact) mass is 349 g/mol. The Hall–Kier alpha value is -1.95. The average Bonchev–Trinajstić information content (AvgIpc) is 2.67. The van der Waals surface area contributed by atoms with Crippen LogP contribution < -0.4 is 15.9 Å². The van der Waals surface area contributed by atoms with Gasteiger partial charge in [-0.05, 0) is 0 Å². The standard InChI is InChI=1S/C23H28NP/c1-24(2)19-12-20-25(21-13-6-3-7-14-21,22-15-8-4-9-16-22)23-17-10-5-11-18-23/h3-11,13-18,25H,12,19-20H2,1-2H3. The van der Waals surface area contributed by atoms with E-state index in [1.54, 1.807) is 0 Å². The molecule has 0 bridgehead atoms. The Morgan fingerprint density at radius 2 is 0.960 bits per heavy atom. The summed E-state index contributed by atoms with van der Waals surface area (Å²) in [6.45, 7) is 1.13. The van der Waals surface area contributed by atoms with Gasteiger partial charge in [-0.3, -0.25) is 0 Å². The minimum absolute atomic E-state index is 1.13. The van der Waals surface area contributed by atoms with Gasteiger partial charge in [-0.2, -0.15) is 0 Å². The second-order valence-electron chi connectivity index (χ2n) is 6.91. The predicted molar refractivity (Wildman–Crippen MR) is 115 cm³/mol. The van der Waals surface area contributed by atoms with Gasteiger partial charge in [-0.15, -0.1) is 0 Å². The Balaban J connectivity index is 2.16. The van der Waals surface area contributed by atoms with E-state index >= 15 is 0 Å². The van der Waals surface area contributed by atoms with Gasteiger partial charge >= 0.3 is 152 Å². The van der Waals surface area contributed by atoms with Crippen LogP contribution in [0.15, 0.2) is 91.0 Å². The Morgan fingerprint density at radius 1 is 0.600 bits per heavy atom. The first kappa shape index (κ1) is 17.9. The summed E-state index contributed by atoms with van der Waals surface area (Å²) in [5, 5.41) is 4.52. The van der Waals surface area contributed by atoms with Crippen molar-refractivity contribution in [1.29, 1.82) is 0 Å². The quantitative estimate of drug-likeness (QED) is 0.589. The van der Waals surface area contributed by atoms with Crippen LogP contribution in [-0.2, 0) is 0 Å². The van der Waals surface area contributed by atoms with Crippen LogP contribution in [0.5, 0.6) is 0 Å². The SMILES string of the molecule is CN(C)CCC[PH](c1ccccc1)(c1ccccc1)c1ccccc1. The first-order chi connectivity index (χ1) is 12.2. The van der Waals surface area contributed by atoms with Crippen molar-refractivity contribution in [2.45, 2.75) is 6.42 Å². The molecular formula is C23H28NP. The van der Waals surface area contributed by atoms with Gasteiger partial charge in [0.2, 0.25) is 0 Å². The van der Waals surface area contributed by atoms with E-state index in [0.717, 1.165) is 6.54 Å². The number of rotatable bonds is 7. The van der Waals surface area contributed by atoms with E-state index in [2.05, 4.69) is 110 Å². The third kappa shape index (κ3) is 4.00. The average molecular weight is 349 g/mol. The Bertz CT molecular complexity index is 657. The van der Waals surface area contributed by atoms with Gasteiger partial charge in [0.25, 0.3) is 0 Å². The molecule has 3 aromatic carbocycles. The van der Waals surface area contributed by atoms with Crippen molar-refractivity contribution in [3.05, 3.63) is 91.0 Å². The molecule has 0 spiro atoms. The van der Waals surface area contributed by atoms with E-state index in [9.17, 15) is 0 Å². The second kappa shape index (κ2) is 8.43. The summed E-state index contributed by atoms with van der Waals surface area (Å²) in [6.07, 6.45) is 2.43. The maximum absolute atomic E-state index is 2.34. The van der Waals surface area contributed by atoms with Crippen molar-refractivity contribution < 1.29 is 0 Å². The van der Waals surface area contributed by atoms with Crippen LogP contribution in [0, 0.1) is 0 Å². The molecule has 3 aromatic rings. The molecule has 0 aromatic heterocycles. The summed E-state index contributed by atoms with van der Waals surface area (Å²) >= 11 is 0. The van der Waals surface area contributed by atoms with E-state index in [-0.39, 0.29) is 0 Å². The predicted octanol–water partition coefficient (Wildman–Crippen LogP) is 3.66. The summed E-state index contributed by atoms with van der Waals surface area (Å²) < 4.78 is 0. The zero-order valence-corrected chi connectivity index (χ0v) is 16.2. The number of nitrogens with zero attached hydrogens (tertiary/aromatic N) is 1. The molecule has 0 fully saturated rings. The van der Waals surface area contributed by atoms with E-state index in [1.165, 1.54) is 28.5 Å². The molecule has 0 heterocycles. The molecule has 0 radical (unpaired) electrons. The summed E-state index contributed by atoms with van der Waals surface area (Å²) in [4.78, 5) is 2.29. The molecule has 0 amide bonds. The van der Waals surface area contributed by atoms with Gasteiger partial charge in [0.1, 0.15) is 0 Å². The van der Waals surface area contributed by atoms with Crippen LogP contribution in [0.1, 0.15) is 6.42 Å². The van der Waals surface area contributed by atoms with Crippen molar-refractivity contribution in [2.24, 2.45) is 0 Å². The molecule has 0 saturated carbocycles. The van der Waals surface area contributed by atoms with Gasteiger partial charge in [0, 0.05) is 0 Å². The van der Waals surface area contributed by atoms with E-state index < -0.39 is 7.26 Å². The molecule has 130 valence electrons. The van der Waals surface area contributed by atoms with E-state index in [4.69, 9.17) is 0 Å². The third-order valence-corrected chi connectivity index (χ3v) is 10.0. The summed E-state index contributed by atoms with van der Waals surface area (Å²) in [6, 6.07) is 33.5. The first-order valence-corrected chi connectivity index (χ1v) is 11.3. The maximum atomic E-state index is 2.34. The molecular weight excluding hydrogens is 321 g/mol. The molecule has 0 aliphatic heterocycles. The van der Waals surface area contributed by atoms with Gasteiger partial charge < -0.3 is 0 Å². The molecule has 0 aliphatic carbocycles. The Kier molecular flexibility index (Phi) is 6.02. The van der Waals surface area contributed by atoms with E-state index in [0.29, 0.717) is 0 Å². The molecule has 1 nitrogen and oxygen atoms in total. The summed E-state index contributed by atoms with van der Waals surface area (Å²) in [5.74, 6) is 0. The third-order valence-electron chi connectivity index (χ3n) is 4.96.